The van der Waals surface area contributed by atoms with Gasteiger partial charge in [0.15, 0.2) is 6.23 Å². The molecular formula is C19H24FN5O3. The topological polar surface area (TPSA) is 80.7 Å². The van der Waals surface area contributed by atoms with Crippen LogP contribution in [0.15, 0.2) is 36.9 Å². The first-order valence-electron chi connectivity index (χ1n) is 9.04. The van der Waals surface area contributed by atoms with E-state index in [1.54, 1.807) is 29.6 Å². The van der Waals surface area contributed by atoms with Gasteiger partial charge in [0.1, 0.15) is 11.4 Å². The number of carbonyl (C=O) groups is 1. The molecule has 9 heteroatoms. The van der Waals surface area contributed by atoms with E-state index in [1.165, 1.54) is 12.3 Å². The molecule has 28 heavy (non-hydrogen) atoms. The molecule has 2 aromatic heterocycles. The van der Waals surface area contributed by atoms with E-state index in [4.69, 9.17) is 9.47 Å². The summed E-state index contributed by atoms with van der Waals surface area (Å²) in [4.78, 5) is 28.1. The van der Waals surface area contributed by atoms with Gasteiger partial charge in [0.05, 0.1) is 19.3 Å². The minimum Gasteiger partial charge on any atom is -0.444 e. The molecule has 1 aliphatic heterocycles. The Hall–Kier alpha value is -2.81. The lowest BCUT2D eigenvalue weighted by molar-refractivity contribution is -0.0775. The van der Waals surface area contributed by atoms with Crippen LogP contribution < -0.4 is 4.90 Å². The highest BCUT2D eigenvalue weighted by molar-refractivity contribution is 5.69. The summed E-state index contributed by atoms with van der Waals surface area (Å²) in [5.74, 6) is 0.129. The Bertz CT molecular complexity index is 800. The molecule has 8 nitrogen and oxygen atoms in total. The van der Waals surface area contributed by atoms with Crippen molar-refractivity contribution in [3.8, 4) is 0 Å². The molecule has 3 rings (SSSR count). The molecule has 0 radical (unpaired) electrons. The van der Waals surface area contributed by atoms with Crippen molar-refractivity contribution in [3.63, 3.8) is 0 Å². The fourth-order valence-electron chi connectivity index (χ4n) is 2.81. The summed E-state index contributed by atoms with van der Waals surface area (Å²) in [6.45, 7) is 6.95. The number of hydrogen-bond acceptors (Lipinski definition) is 7. The van der Waals surface area contributed by atoms with E-state index in [0.717, 1.165) is 0 Å². The van der Waals surface area contributed by atoms with Crippen LogP contribution in [0.3, 0.4) is 0 Å². The second-order valence-corrected chi connectivity index (χ2v) is 7.44. The minimum absolute atomic E-state index is 0.137. The van der Waals surface area contributed by atoms with Crippen LogP contribution >= 0.6 is 0 Å². The molecular weight excluding hydrogens is 365 g/mol. The van der Waals surface area contributed by atoms with Gasteiger partial charge in [0.2, 0.25) is 5.95 Å². The van der Waals surface area contributed by atoms with Crippen molar-refractivity contribution < 1.29 is 18.7 Å². The number of ether oxygens (including phenoxy) is 2. The van der Waals surface area contributed by atoms with Crippen LogP contribution in [0.2, 0.25) is 0 Å². The van der Waals surface area contributed by atoms with E-state index in [2.05, 4.69) is 15.0 Å². The van der Waals surface area contributed by atoms with Crippen molar-refractivity contribution >= 4 is 11.9 Å². The Balaban J connectivity index is 1.74. The molecule has 1 saturated heterocycles. The largest absolute Gasteiger partial charge is 0.444 e. The van der Waals surface area contributed by atoms with Crippen molar-refractivity contribution in [2.24, 2.45) is 0 Å². The van der Waals surface area contributed by atoms with Gasteiger partial charge >= 0.3 is 6.09 Å². The number of piperazine rings is 1. The van der Waals surface area contributed by atoms with Gasteiger partial charge in [0.25, 0.3) is 0 Å². The van der Waals surface area contributed by atoms with Crippen molar-refractivity contribution in [2.45, 2.75) is 39.2 Å². The Morgan fingerprint density at radius 2 is 2.07 bits per heavy atom. The van der Waals surface area contributed by atoms with Crippen LogP contribution in [0.5, 0.6) is 0 Å². The third-order valence-corrected chi connectivity index (χ3v) is 4.07. The Morgan fingerprint density at radius 3 is 2.75 bits per heavy atom. The van der Waals surface area contributed by atoms with Gasteiger partial charge in [-0.3, -0.25) is 9.88 Å². The molecule has 1 amide bonds. The van der Waals surface area contributed by atoms with E-state index in [-0.39, 0.29) is 6.61 Å². The molecule has 3 heterocycles. The molecule has 0 spiro atoms. The van der Waals surface area contributed by atoms with Gasteiger partial charge in [0, 0.05) is 31.7 Å². The van der Waals surface area contributed by atoms with Crippen LogP contribution in [-0.4, -0.2) is 57.4 Å². The van der Waals surface area contributed by atoms with Gasteiger partial charge in [-0.1, -0.05) is 0 Å². The number of carbonyl (C=O) groups excluding carboxylic acids is 1. The quantitative estimate of drug-likeness (QED) is 0.744. The summed E-state index contributed by atoms with van der Waals surface area (Å²) in [6.07, 6.45) is 5.24. The number of aromatic nitrogens is 3. The Labute approximate surface area is 163 Å². The number of nitrogens with zero attached hydrogens (tertiary/aromatic N) is 5. The smallest absolute Gasteiger partial charge is 0.412 e. The fraction of sp³-hybridized carbons (Fsp3) is 0.474. The first-order chi connectivity index (χ1) is 13.3. The molecule has 1 atom stereocenters. The SMILES string of the molecule is CC(C)(C)OC(=O)N1CCN(c2cnccn2)CC1OCc1ccnc(F)c1. The summed E-state index contributed by atoms with van der Waals surface area (Å²) >= 11 is 0. The molecule has 1 aliphatic rings. The average Bonchev–Trinajstić information content (AvgIpc) is 2.65. The highest BCUT2D eigenvalue weighted by Crippen LogP contribution is 2.21. The molecule has 1 unspecified atom stereocenters. The van der Waals surface area contributed by atoms with Crippen LogP contribution in [0.4, 0.5) is 15.0 Å². The molecule has 2 aromatic rings. The van der Waals surface area contributed by atoms with Gasteiger partial charge in [-0.25, -0.2) is 14.8 Å². The molecule has 0 saturated carbocycles. The van der Waals surface area contributed by atoms with Gasteiger partial charge in [-0.15, -0.1) is 0 Å². The van der Waals surface area contributed by atoms with Crippen LogP contribution in [0.1, 0.15) is 26.3 Å². The first kappa shape index (κ1) is 19.9. The highest BCUT2D eigenvalue weighted by Gasteiger charge is 2.34. The zero-order valence-corrected chi connectivity index (χ0v) is 16.2. The number of amides is 1. The molecule has 0 N–H and O–H groups in total. The van der Waals surface area contributed by atoms with Crippen LogP contribution in [0, 0.1) is 5.95 Å². The van der Waals surface area contributed by atoms with E-state index in [9.17, 15) is 9.18 Å². The van der Waals surface area contributed by atoms with E-state index >= 15 is 0 Å². The summed E-state index contributed by atoms with van der Waals surface area (Å²) in [6, 6.07) is 2.98. The minimum atomic E-state index is -0.613. The van der Waals surface area contributed by atoms with Gasteiger partial charge < -0.3 is 14.4 Å². The monoisotopic (exact) mass is 389 g/mol. The molecule has 150 valence electrons. The van der Waals surface area contributed by atoms with E-state index in [1.807, 2.05) is 25.7 Å². The second-order valence-electron chi connectivity index (χ2n) is 7.44. The molecule has 1 fully saturated rings. The van der Waals surface area contributed by atoms with Crippen molar-refractivity contribution in [3.05, 3.63) is 48.4 Å². The number of anilines is 1. The normalized spacial score (nSPS) is 17.5. The maximum absolute atomic E-state index is 13.3. The van der Waals surface area contributed by atoms with Crippen molar-refractivity contribution in [2.75, 3.05) is 24.5 Å². The van der Waals surface area contributed by atoms with Crippen molar-refractivity contribution in [1.82, 2.24) is 19.9 Å². The summed E-state index contributed by atoms with van der Waals surface area (Å²) < 4.78 is 24.8. The first-order valence-corrected chi connectivity index (χ1v) is 9.04. The summed E-state index contributed by atoms with van der Waals surface area (Å²) in [5.41, 5.74) is 0.0195. The third kappa shape index (κ3) is 5.35. The Morgan fingerprint density at radius 1 is 1.25 bits per heavy atom. The molecule has 0 aliphatic carbocycles. The van der Waals surface area contributed by atoms with Gasteiger partial charge in [-0.2, -0.15) is 4.39 Å². The standard InChI is InChI=1S/C19H24FN5O3/c1-19(2,3)28-18(26)25-9-8-24(16-11-21-6-7-23-16)12-17(25)27-13-14-4-5-22-15(20)10-14/h4-7,10-11,17H,8-9,12-13H2,1-3H3. The second kappa shape index (κ2) is 8.47. The highest BCUT2D eigenvalue weighted by atomic mass is 19.1. The maximum Gasteiger partial charge on any atom is 0.412 e. The zero-order valence-electron chi connectivity index (χ0n) is 16.2. The van der Waals surface area contributed by atoms with E-state index < -0.39 is 23.9 Å². The number of hydrogen-bond donors (Lipinski definition) is 0. The number of pyridine rings is 1. The summed E-state index contributed by atoms with van der Waals surface area (Å²) in [7, 11) is 0. The van der Waals surface area contributed by atoms with Gasteiger partial charge in [-0.05, 0) is 38.5 Å². The predicted molar refractivity (Wildman–Crippen MR) is 100.0 cm³/mol. The maximum atomic E-state index is 13.3. The fourth-order valence-corrected chi connectivity index (χ4v) is 2.81. The van der Waals surface area contributed by atoms with Crippen molar-refractivity contribution in [1.29, 1.82) is 0 Å². The lowest BCUT2D eigenvalue weighted by atomic mass is 10.2. The lowest BCUT2D eigenvalue weighted by Gasteiger charge is -2.41. The Kier molecular flexibility index (Phi) is 6.03. The van der Waals surface area contributed by atoms with E-state index in [0.29, 0.717) is 31.0 Å². The van der Waals surface area contributed by atoms with Crippen LogP contribution in [-0.2, 0) is 16.1 Å². The zero-order chi connectivity index (χ0) is 20.1. The lowest BCUT2D eigenvalue weighted by Crippen LogP contribution is -2.57. The molecule has 0 aromatic carbocycles. The number of halogens is 1. The van der Waals surface area contributed by atoms with Crippen LogP contribution in [0.25, 0.3) is 0 Å². The predicted octanol–water partition coefficient (Wildman–Crippen LogP) is 2.61. The molecule has 0 bridgehead atoms. The summed E-state index contributed by atoms with van der Waals surface area (Å²) in [5, 5.41) is 0. The average molecular weight is 389 g/mol. The third-order valence-electron chi connectivity index (χ3n) is 4.07. The number of rotatable bonds is 4.